The van der Waals surface area contributed by atoms with E-state index in [0.717, 1.165) is 30.4 Å². The molecule has 1 aliphatic rings. The van der Waals surface area contributed by atoms with E-state index in [-0.39, 0.29) is 21.8 Å². The Hall–Kier alpha value is -2.25. The Morgan fingerprint density at radius 3 is 2.25 bits per heavy atom. The third kappa shape index (κ3) is 5.38. The van der Waals surface area contributed by atoms with Gasteiger partial charge in [-0.3, -0.25) is 14.9 Å². The van der Waals surface area contributed by atoms with E-state index in [4.69, 9.17) is 18.0 Å². The fraction of sp³-hybridized carbons (Fsp3) is 0.480. The quantitative estimate of drug-likeness (QED) is 0.522. The highest BCUT2D eigenvalue weighted by Gasteiger charge is 2.33. The molecule has 0 spiro atoms. The summed E-state index contributed by atoms with van der Waals surface area (Å²) in [5, 5.41) is 6.55. The van der Waals surface area contributed by atoms with E-state index in [0.29, 0.717) is 22.0 Å². The summed E-state index contributed by atoms with van der Waals surface area (Å²) in [6.07, 6.45) is 2.77. The van der Waals surface area contributed by atoms with E-state index in [1.165, 1.54) is 16.2 Å². The van der Waals surface area contributed by atoms with Gasteiger partial charge in [0.1, 0.15) is 5.00 Å². The minimum atomic E-state index is -0.467. The van der Waals surface area contributed by atoms with Crippen LogP contribution in [0.25, 0.3) is 0 Å². The van der Waals surface area contributed by atoms with Gasteiger partial charge in [0, 0.05) is 10.4 Å². The van der Waals surface area contributed by atoms with Gasteiger partial charge in [0.25, 0.3) is 11.8 Å². The van der Waals surface area contributed by atoms with Crippen molar-refractivity contribution in [1.29, 1.82) is 0 Å². The second-order valence-electron chi connectivity index (χ2n) is 10.6. The fourth-order valence-corrected chi connectivity index (χ4v) is 5.70. The average Bonchev–Trinajstić information content (AvgIpc) is 3.03. The minimum absolute atomic E-state index is 0.0152. The van der Waals surface area contributed by atoms with E-state index in [1.807, 2.05) is 12.1 Å². The third-order valence-electron chi connectivity index (χ3n) is 6.20. The van der Waals surface area contributed by atoms with E-state index < -0.39 is 5.91 Å². The highest BCUT2D eigenvalue weighted by atomic mass is 32.1. The van der Waals surface area contributed by atoms with Crippen LogP contribution in [-0.4, -0.2) is 16.9 Å². The molecule has 7 heteroatoms. The number of rotatable bonds is 3. The summed E-state index contributed by atoms with van der Waals surface area (Å²) in [5.41, 5.74) is 9.14. The van der Waals surface area contributed by atoms with E-state index >= 15 is 0 Å². The van der Waals surface area contributed by atoms with E-state index in [9.17, 15) is 9.59 Å². The molecule has 32 heavy (non-hydrogen) atoms. The molecule has 0 saturated heterocycles. The Morgan fingerprint density at radius 1 is 1.09 bits per heavy atom. The zero-order valence-corrected chi connectivity index (χ0v) is 21.4. The Bertz CT molecular complexity index is 1040. The molecule has 1 aliphatic carbocycles. The molecule has 3 rings (SSSR count). The van der Waals surface area contributed by atoms with Crippen molar-refractivity contribution in [1.82, 2.24) is 5.32 Å². The van der Waals surface area contributed by atoms with Crippen LogP contribution in [0.3, 0.4) is 0 Å². The average molecular weight is 472 g/mol. The molecule has 1 atom stereocenters. The van der Waals surface area contributed by atoms with Gasteiger partial charge < -0.3 is 11.1 Å². The number of fused-ring (bicyclic) bond motifs is 1. The van der Waals surface area contributed by atoms with Crippen LogP contribution in [0.1, 0.15) is 84.7 Å². The van der Waals surface area contributed by atoms with Crippen molar-refractivity contribution in [2.45, 2.75) is 66.2 Å². The van der Waals surface area contributed by atoms with Crippen LogP contribution in [0.15, 0.2) is 24.3 Å². The zero-order valence-electron chi connectivity index (χ0n) is 19.7. The summed E-state index contributed by atoms with van der Waals surface area (Å²) < 4.78 is 0. The number of hydrogen-bond acceptors (Lipinski definition) is 4. The van der Waals surface area contributed by atoms with Crippen molar-refractivity contribution >= 4 is 45.5 Å². The second kappa shape index (κ2) is 8.94. The maximum atomic E-state index is 12.6. The smallest absolute Gasteiger partial charge is 0.257 e. The molecule has 0 radical (unpaired) electrons. The summed E-state index contributed by atoms with van der Waals surface area (Å²) in [5.74, 6) is -0.214. The standard InChI is InChI=1S/C25H33N3O2S2/c1-24(2,3)15-9-7-14(8-10-15)21(30)27-23(31)28-22-19(20(26)29)17-12-11-16(25(4,5)6)13-18(17)32-22/h7-10,16H,11-13H2,1-6H3,(H2,26,29)(H2,27,28,30,31)/t16-/m1/s1. The minimum Gasteiger partial charge on any atom is -0.365 e. The van der Waals surface area contributed by atoms with E-state index in [2.05, 4.69) is 52.2 Å². The largest absolute Gasteiger partial charge is 0.365 e. The van der Waals surface area contributed by atoms with Crippen LogP contribution in [0.4, 0.5) is 5.00 Å². The maximum absolute atomic E-state index is 12.6. The first-order valence-electron chi connectivity index (χ1n) is 10.9. The topological polar surface area (TPSA) is 84.2 Å². The van der Waals surface area contributed by atoms with Crippen molar-refractivity contribution in [2.75, 3.05) is 5.32 Å². The lowest BCUT2D eigenvalue weighted by atomic mass is 9.72. The first-order chi connectivity index (χ1) is 14.8. The summed E-state index contributed by atoms with van der Waals surface area (Å²) >= 11 is 6.89. The lowest BCUT2D eigenvalue weighted by molar-refractivity contribution is 0.0975. The predicted octanol–water partition coefficient (Wildman–Crippen LogP) is 5.42. The van der Waals surface area contributed by atoms with Crippen molar-refractivity contribution in [3.05, 3.63) is 51.4 Å². The molecule has 0 saturated carbocycles. The molecule has 0 bridgehead atoms. The van der Waals surface area contributed by atoms with Crippen LogP contribution in [0.2, 0.25) is 0 Å². The molecule has 1 aromatic carbocycles. The molecule has 2 amide bonds. The Balaban J connectivity index is 1.74. The van der Waals surface area contributed by atoms with Crippen molar-refractivity contribution in [2.24, 2.45) is 17.1 Å². The van der Waals surface area contributed by atoms with Gasteiger partial charge in [0.2, 0.25) is 0 Å². The van der Waals surface area contributed by atoms with Gasteiger partial charge in [-0.2, -0.15) is 0 Å². The first kappa shape index (κ1) is 24.4. The molecular formula is C25H33N3O2S2. The molecule has 2 aromatic rings. The van der Waals surface area contributed by atoms with Gasteiger partial charge >= 0.3 is 0 Å². The molecule has 1 heterocycles. The molecule has 172 valence electrons. The first-order valence-corrected chi connectivity index (χ1v) is 12.2. The zero-order chi connectivity index (χ0) is 23.8. The number of nitrogens with two attached hydrogens (primary N) is 1. The molecule has 4 N–H and O–H groups in total. The number of primary amides is 1. The number of thiocarbonyl (C=S) groups is 1. The van der Waals surface area contributed by atoms with Crippen LogP contribution < -0.4 is 16.4 Å². The molecular weight excluding hydrogens is 438 g/mol. The predicted molar refractivity (Wildman–Crippen MR) is 137 cm³/mol. The lowest BCUT2D eigenvalue weighted by Gasteiger charge is -2.33. The number of hydrogen-bond donors (Lipinski definition) is 3. The summed E-state index contributed by atoms with van der Waals surface area (Å²) in [6, 6.07) is 7.50. The summed E-state index contributed by atoms with van der Waals surface area (Å²) in [6.45, 7) is 13.1. The van der Waals surface area contributed by atoms with Gasteiger partial charge in [-0.15, -0.1) is 11.3 Å². The van der Waals surface area contributed by atoms with Gasteiger partial charge in [-0.05, 0) is 71.5 Å². The number of thiophene rings is 1. The fourth-order valence-electron chi connectivity index (χ4n) is 4.11. The maximum Gasteiger partial charge on any atom is 0.257 e. The van der Waals surface area contributed by atoms with Crippen molar-refractivity contribution in [3.63, 3.8) is 0 Å². The van der Waals surface area contributed by atoms with Crippen LogP contribution in [0, 0.1) is 11.3 Å². The number of carbonyl (C=O) groups is 2. The Labute approximate surface area is 200 Å². The number of benzene rings is 1. The van der Waals surface area contributed by atoms with Crippen molar-refractivity contribution in [3.8, 4) is 0 Å². The number of nitrogens with one attached hydrogen (secondary N) is 2. The molecule has 5 nitrogen and oxygen atoms in total. The van der Waals surface area contributed by atoms with Gasteiger partial charge in [0.05, 0.1) is 5.56 Å². The van der Waals surface area contributed by atoms with Crippen LogP contribution in [-0.2, 0) is 18.3 Å². The van der Waals surface area contributed by atoms with Crippen LogP contribution in [0.5, 0.6) is 0 Å². The second-order valence-corrected chi connectivity index (χ2v) is 12.1. The highest BCUT2D eigenvalue weighted by Crippen LogP contribution is 2.44. The van der Waals surface area contributed by atoms with Crippen LogP contribution >= 0.6 is 23.6 Å². The summed E-state index contributed by atoms with van der Waals surface area (Å²) in [4.78, 5) is 26.1. The molecule has 0 fully saturated rings. The number of anilines is 1. The van der Waals surface area contributed by atoms with Gasteiger partial charge in [0.15, 0.2) is 5.11 Å². The van der Waals surface area contributed by atoms with E-state index in [1.54, 1.807) is 12.1 Å². The molecule has 0 aliphatic heterocycles. The highest BCUT2D eigenvalue weighted by molar-refractivity contribution is 7.80. The summed E-state index contributed by atoms with van der Waals surface area (Å²) in [7, 11) is 0. The monoisotopic (exact) mass is 471 g/mol. The third-order valence-corrected chi connectivity index (χ3v) is 7.58. The normalized spacial score (nSPS) is 16.2. The van der Waals surface area contributed by atoms with Gasteiger partial charge in [-0.25, -0.2) is 0 Å². The SMILES string of the molecule is CC(C)(C)c1ccc(C(=O)NC(=S)Nc2sc3c(c2C(N)=O)CC[C@@H](C(C)(C)C)C3)cc1. The number of carbonyl (C=O) groups excluding carboxylic acids is 2. The Morgan fingerprint density at radius 2 is 1.72 bits per heavy atom. The molecule has 1 aromatic heterocycles. The lowest BCUT2D eigenvalue weighted by Crippen LogP contribution is -2.34. The Kier molecular flexibility index (Phi) is 6.82. The van der Waals surface area contributed by atoms with Gasteiger partial charge in [-0.1, -0.05) is 53.7 Å². The number of amides is 2. The van der Waals surface area contributed by atoms with Crippen molar-refractivity contribution < 1.29 is 9.59 Å². The molecule has 0 unspecified atom stereocenters.